The van der Waals surface area contributed by atoms with E-state index in [0.29, 0.717) is 24.5 Å². The summed E-state index contributed by atoms with van der Waals surface area (Å²) < 4.78 is 12.5. The Morgan fingerprint density at radius 2 is 1.10 bits per heavy atom. The Bertz CT molecular complexity index is 1090. The lowest BCUT2D eigenvalue weighted by Crippen LogP contribution is -2.12. The minimum Gasteiger partial charge on any atom is -0.490 e. The van der Waals surface area contributed by atoms with Crippen molar-refractivity contribution in [3.05, 3.63) is 45.9 Å². The van der Waals surface area contributed by atoms with Crippen LogP contribution < -0.4 is 15.0 Å². The Hall–Kier alpha value is -2.74. The van der Waals surface area contributed by atoms with Crippen LogP contribution in [-0.4, -0.2) is 18.2 Å². The molecule has 0 aliphatic rings. The number of unbranched alkanes of at least 4 members (excludes halogenated alkanes) is 18. The van der Waals surface area contributed by atoms with Crippen molar-refractivity contribution in [1.82, 2.24) is 4.98 Å². The van der Waals surface area contributed by atoms with Gasteiger partial charge in [0.2, 0.25) is 0 Å². The van der Waals surface area contributed by atoms with Crippen LogP contribution >= 0.6 is 0 Å². The van der Waals surface area contributed by atoms with E-state index in [0.717, 1.165) is 36.3 Å². The molecule has 1 heterocycles. The van der Waals surface area contributed by atoms with Crippen molar-refractivity contribution in [2.75, 3.05) is 13.2 Å². The van der Waals surface area contributed by atoms with Gasteiger partial charge in [0, 0.05) is 11.3 Å². The number of hydrogen-bond acceptors (Lipinski definition) is 4. The zero-order chi connectivity index (χ0) is 30.3. The summed E-state index contributed by atoms with van der Waals surface area (Å²) in [6.07, 6.45) is 25.7. The minimum absolute atomic E-state index is 0.125. The first-order valence-corrected chi connectivity index (χ1v) is 17.1. The second kappa shape index (κ2) is 22.8. The summed E-state index contributed by atoms with van der Waals surface area (Å²) in [5.41, 5.74) is 1.92. The average Bonchev–Trinajstić information content (AvgIpc) is 2.98. The highest BCUT2D eigenvalue weighted by Crippen LogP contribution is 2.34. The molecule has 0 atom stereocenters. The molecule has 2 rings (SSSR count). The summed E-state index contributed by atoms with van der Waals surface area (Å²) in [6.45, 7) is 7.66. The fourth-order valence-corrected chi connectivity index (χ4v) is 5.48. The average molecular weight is 579 g/mol. The number of benzene rings is 1. The van der Waals surface area contributed by atoms with E-state index in [9.17, 15) is 10.1 Å². The zero-order valence-corrected chi connectivity index (χ0v) is 27.0. The lowest BCUT2D eigenvalue weighted by Gasteiger charge is -2.15. The predicted octanol–water partition coefficient (Wildman–Crippen LogP) is 10.8. The van der Waals surface area contributed by atoms with Crippen LogP contribution in [0.2, 0.25) is 0 Å². The van der Waals surface area contributed by atoms with Gasteiger partial charge in [-0.05, 0) is 43.5 Å². The van der Waals surface area contributed by atoms with E-state index in [1.807, 2.05) is 31.2 Å². The highest BCUT2D eigenvalue weighted by Gasteiger charge is 2.14. The van der Waals surface area contributed by atoms with Gasteiger partial charge in [-0.25, -0.2) is 0 Å². The minimum atomic E-state index is -0.360. The molecule has 0 spiro atoms. The highest BCUT2D eigenvalue weighted by atomic mass is 16.5. The quantitative estimate of drug-likeness (QED) is 0.119. The third-order valence-electron chi connectivity index (χ3n) is 8.05. The first kappa shape index (κ1) is 35.5. The molecule has 0 bridgehead atoms. The van der Waals surface area contributed by atoms with Gasteiger partial charge in [0.15, 0.2) is 11.5 Å². The number of aryl methyl sites for hydroxylation is 1. The molecule has 42 heavy (non-hydrogen) atoms. The third kappa shape index (κ3) is 14.4. The smallest absolute Gasteiger partial charge is 0.266 e. The molecule has 2 aromatic rings. The van der Waals surface area contributed by atoms with Crippen LogP contribution in [0.4, 0.5) is 0 Å². The zero-order valence-electron chi connectivity index (χ0n) is 27.0. The van der Waals surface area contributed by atoms with Crippen LogP contribution in [0.25, 0.3) is 11.1 Å². The maximum Gasteiger partial charge on any atom is 0.266 e. The standard InChI is InChI=1S/C37H58N2O3/c1-4-6-8-10-12-14-16-18-20-22-26-41-35-25-24-32(33-28-31(3)39-37(40)34(33)30-38)29-36(35)42-27-23-21-19-17-15-13-11-9-7-5-2/h24-25,28-29H,4-23,26-27H2,1-3H3,(H,39,40). The van der Waals surface area contributed by atoms with Crippen LogP contribution in [0, 0.1) is 18.3 Å². The van der Waals surface area contributed by atoms with E-state index in [-0.39, 0.29) is 11.1 Å². The monoisotopic (exact) mass is 578 g/mol. The maximum atomic E-state index is 12.4. The molecule has 0 unspecified atom stereocenters. The number of hydrogen-bond donors (Lipinski definition) is 1. The van der Waals surface area contributed by atoms with E-state index in [1.54, 1.807) is 0 Å². The van der Waals surface area contributed by atoms with E-state index in [2.05, 4.69) is 24.9 Å². The summed E-state index contributed by atoms with van der Waals surface area (Å²) in [5, 5.41) is 9.63. The van der Waals surface area contributed by atoms with Crippen molar-refractivity contribution < 1.29 is 9.47 Å². The van der Waals surface area contributed by atoms with Gasteiger partial charge in [0.1, 0.15) is 11.6 Å². The molecule has 5 heteroatoms. The van der Waals surface area contributed by atoms with Crippen LogP contribution in [0.5, 0.6) is 11.5 Å². The van der Waals surface area contributed by atoms with Crippen LogP contribution in [-0.2, 0) is 0 Å². The topological polar surface area (TPSA) is 75.1 Å². The molecular formula is C37H58N2O3. The number of ether oxygens (including phenoxy) is 2. The summed E-state index contributed by atoms with van der Waals surface area (Å²) in [4.78, 5) is 15.1. The first-order chi connectivity index (χ1) is 20.6. The Morgan fingerprint density at radius 1 is 0.643 bits per heavy atom. The molecule has 1 aromatic heterocycles. The largest absolute Gasteiger partial charge is 0.490 e. The molecule has 5 nitrogen and oxygen atoms in total. The Morgan fingerprint density at radius 3 is 1.57 bits per heavy atom. The second-order valence-corrected chi connectivity index (χ2v) is 11.9. The number of nitrogens with zero attached hydrogens (tertiary/aromatic N) is 1. The predicted molar refractivity (Wildman–Crippen MR) is 177 cm³/mol. The summed E-state index contributed by atoms with van der Waals surface area (Å²) in [7, 11) is 0. The van der Waals surface area contributed by atoms with E-state index in [1.165, 1.54) is 109 Å². The fourth-order valence-electron chi connectivity index (χ4n) is 5.48. The molecule has 0 radical (unpaired) electrons. The number of pyridine rings is 1. The Kier molecular flexibility index (Phi) is 19.3. The maximum absolute atomic E-state index is 12.4. The van der Waals surface area contributed by atoms with Crippen LogP contribution in [0.1, 0.15) is 154 Å². The van der Waals surface area contributed by atoms with Gasteiger partial charge in [-0.2, -0.15) is 5.26 Å². The summed E-state index contributed by atoms with van der Waals surface area (Å²) in [6, 6.07) is 9.71. The van der Waals surface area contributed by atoms with Gasteiger partial charge in [-0.1, -0.05) is 135 Å². The van der Waals surface area contributed by atoms with E-state index < -0.39 is 0 Å². The van der Waals surface area contributed by atoms with E-state index in [4.69, 9.17) is 9.47 Å². The lowest BCUT2D eigenvalue weighted by molar-refractivity contribution is 0.258. The number of aromatic amines is 1. The first-order valence-electron chi connectivity index (χ1n) is 17.1. The fraction of sp³-hybridized carbons (Fsp3) is 0.676. The SMILES string of the molecule is CCCCCCCCCCCCOc1ccc(-c2cc(C)[nH]c(=O)c2C#N)cc1OCCCCCCCCCCCC. The molecule has 0 aliphatic carbocycles. The van der Waals surface area contributed by atoms with Gasteiger partial charge >= 0.3 is 0 Å². The summed E-state index contributed by atoms with van der Waals surface area (Å²) >= 11 is 0. The molecule has 1 aromatic carbocycles. The summed E-state index contributed by atoms with van der Waals surface area (Å²) in [5.74, 6) is 1.43. The lowest BCUT2D eigenvalue weighted by atomic mass is 10.0. The van der Waals surface area contributed by atoms with Crippen molar-refractivity contribution in [3.8, 4) is 28.7 Å². The molecule has 0 aliphatic heterocycles. The molecular weight excluding hydrogens is 520 g/mol. The van der Waals surface area contributed by atoms with Gasteiger partial charge in [-0.15, -0.1) is 0 Å². The van der Waals surface area contributed by atoms with Crippen molar-refractivity contribution in [2.24, 2.45) is 0 Å². The number of H-pyrrole nitrogens is 1. The van der Waals surface area contributed by atoms with Crippen LogP contribution in [0.3, 0.4) is 0 Å². The van der Waals surface area contributed by atoms with Crippen LogP contribution in [0.15, 0.2) is 29.1 Å². The number of rotatable bonds is 25. The van der Waals surface area contributed by atoms with Crippen molar-refractivity contribution in [2.45, 2.75) is 149 Å². The number of nitriles is 1. The molecule has 1 N–H and O–H groups in total. The second-order valence-electron chi connectivity index (χ2n) is 11.9. The van der Waals surface area contributed by atoms with Crippen molar-refractivity contribution in [1.29, 1.82) is 5.26 Å². The molecule has 0 amide bonds. The number of aromatic nitrogens is 1. The normalized spacial score (nSPS) is 11.0. The third-order valence-corrected chi connectivity index (χ3v) is 8.05. The number of nitrogens with one attached hydrogen (secondary N) is 1. The van der Waals surface area contributed by atoms with Gasteiger partial charge < -0.3 is 14.5 Å². The van der Waals surface area contributed by atoms with Crippen molar-refractivity contribution in [3.63, 3.8) is 0 Å². The van der Waals surface area contributed by atoms with Crippen molar-refractivity contribution >= 4 is 0 Å². The highest BCUT2D eigenvalue weighted by molar-refractivity contribution is 5.72. The Balaban J connectivity index is 1.88. The molecule has 234 valence electrons. The van der Waals surface area contributed by atoms with E-state index >= 15 is 0 Å². The molecule has 0 saturated heterocycles. The molecule has 0 saturated carbocycles. The van der Waals surface area contributed by atoms with Gasteiger partial charge in [0.25, 0.3) is 5.56 Å². The van der Waals surface area contributed by atoms with Gasteiger partial charge in [-0.3, -0.25) is 4.79 Å². The molecule has 0 fully saturated rings. The Labute approximate surface area is 256 Å². The van der Waals surface area contributed by atoms with Gasteiger partial charge in [0.05, 0.1) is 13.2 Å².